The maximum atomic E-state index is 12.3. The molecule has 0 amide bonds. The van der Waals surface area contributed by atoms with Crippen molar-refractivity contribution in [3.05, 3.63) is 32.6 Å². The molecule has 0 aliphatic carbocycles. The first-order chi connectivity index (χ1) is 4.20. The average molecular weight is 322 g/mol. The number of halogens is 3. The Labute approximate surface area is 90.0 Å². The Bertz CT molecular complexity index is 229. The van der Waals surface area contributed by atoms with Gasteiger partial charge < -0.3 is 0 Å². The Kier molecular flexibility index (Phi) is 4.99. The van der Waals surface area contributed by atoms with Crippen LogP contribution in [0.1, 0.15) is 0 Å². The van der Waals surface area contributed by atoms with Crippen LogP contribution in [0.3, 0.4) is 0 Å². The van der Waals surface area contributed by atoms with Gasteiger partial charge in [-0.05, 0) is 40.8 Å². The zero-order valence-corrected chi connectivity index (χ0v) is 11.0. The molecule has 0 nitrogen and oxygen atoms in total. The molecule has 50 valence electrons. The summed E-state index contributed by atoms with van der Waals surface area (Å²) in [7, 11) is 0. The third-order valence-electron chi connectivity index (χ3n) is 0.882. The second kappa shape index (κ2) is 4.63. The fourth-order valence-electron chi connectivity index (χ4n) is 0.470. The van der Waals surface area contributed by atoms with Crippen molar-refractivity contribution in [1.82, 2.24) is 0 Å². The molecule has 0 bridgehead atoms. The zero-order chi connectivity index (χ0) is 6.85. The van der Waals surface area contributed by atoms with E-state index >= 15 is 0 Å². The van der Waals surface area contributed by atoms with Gasteiger partial charge in [0, 0.05) is 23.0 Å². The zero-order valence-electron chi connectivity index (χ0n) is 5.07. The molecule has 1 aromatic rings. The summed E-state index contributed by atoms with van der Waals surface area (Å²) in [6.07, 6.45) is 0. The molecular formula is C6H3ClFIZn. The number of hydrogen-bond acceptors (Lipinski definition) is 0. The molecule has 0 fully saturated rings. The number of rotatable bonds is 0. The smallest absolute Gasteiger partial charge is 0.124 e. The van der Waals surface area contributed by atoms with Gasteiger partial charge in [-0.25, -0.2) is 4.39 Å². The molecular weight excluding hydrogens is 319 g/mol. The quantitative estimate of drug-likeness (QED) is 0.391. The molecule has 0 saturated heterocycles. The molecule has 0 heterocycles. The van der Waals surface area contributed by atoms with Crippen LogP contribution in [-0.2, 0) is 19.5 Å². The summed E-state index contributed by atoms with van der Waals surface area (Å²) < 4.78 is 13.1. The Hall–Kier alpha value is 0.793. The monoisotopic (exact) mass is 320 g/mol. The molecule has 0 aliphatic rings. The second-order valence-corrected chi connectivity index (χ2v) is 3.13. The van der Waals surface area contributed by atoms with Crippen molar-refractivity contribution in [2.24, 2.45) is 0 Å². The second-order valence-electron chi connectivity index (χ2n) is 1.56. The van der Waals surface area contributed by atoms with E-state index in [2.05, 4.69) is 0 Å². The van der Waals surface area contributed by atoms with Gasteiger partial charge in [-0.1, -0.05) is 11.6 Å². The van der Waals surface area contributed by atoms with Crippen LogP contribution in [0.15, 0.2) is 18.2 Å². The Morgan fingerprint density at radius 3 is 2.40 bits per heavy atom. The van der Waals surface area contributed by atoms with E-state index in [0.717, 1.165) is 3.57 Å². The maximum absolute atomic E-state index is 12.3. The molecule has 10 heavy (non-hydrogen) atoms. The van der Waals surface area contributed by atoms with Crippen molar-refractivity contribution in [1.29, 1.82) is 0 Å². The normalized spacial score (nSPS) is 8.70. The summed E-state index contributed by atoms with van der Waals surface area (Å²) in [4.78, 5) is 0. The molecule has 0 N–H and O–H groups in total. The van der Waals surface area contributed by atoms with E-state index in [4.69, 9.17) is 11.6 Å². The Balaban J connectivity index is 0.000000810. The van der Waals surface area contributed by atoms with E-state index in [9.17, 15) is 4.39 Å². The molecule has 0 atom stereocenters. The van der Waals surface area contributed by atoms with E-state index in [0.29, 0.717) is 5.02 Å². The van der Waals surface area contributed by atoms with Crippen LogP contribution in [0.2, 0.25) is 5.02 Å². The minimum absolute atomic E-state index is 0. The van der Waals surface area contributed by atoms with Crippen LogP contribution in [0.25, 0.3) is 0 Å². The van der Waals surface area contributed by atoms with Crippen molar-refractivity contribution in [2.45, 2.75) is 0 Å². The van der Waals surface area contributed by atoms with Crippen molar-refractivity contribution in [3.8, 4) is 0 Å². The predicted octanol–water partition coefficient (Wildman–Crippen LogP) is 3.08. The summed E-state index contributed by atoms with van der Waals surface area (Å²) in [5, 5.41) is 0.468. The standard InChI is InChI=1S/C6H3ClFI.Zn/c7-5-3-4(8)1-2-6(5)9;/h1-3H;. The van der Waals surface area contributed by atoms with Gasteiger partial charge in [0.05, 0.1) is 5.02 Å². The van der Waals surface area contributed by atoms with Crippen molar-refractivity contribution >= 4 is 34.2 Å². The summed E-state index contributed by atoms with van der Waals surface area (Å²) in [5.41, 5.74) is 0. The molecule has 4 heteroatoms. The Morgan fingerprint density at radius 2 is 2.00 bits per heavy atom. The largest absolute Gasteiger partial charge is 0.207 e. The van der Waals surface area contributed by atoms with Gasteiger partial charge in [0.15, 0.2) is 0 Å². The van der Waals surface area contributed by atoms with Crippen LogP contribution >= 0.6 is 34.2 Å². The molecule has 0 saturated carbocycles. The van der Waals surface area contributed by atoms with Gasteiger partial charge in [0.2, 0.25) is 0 Å². The van der Waals surface area contributed by atoms with E-state index in [1.165, 1.54) is 12.1 Å². The van der Waals surface area contributed by atoms with Gasteiger partial charge in [-0.15, -0.1) is 0 Å². The van der Waals surface area contributed by atoms with E-state index in [1.54, 1.807) is 6.07 Å². The van der Waals surface area contributed by atoms with Crippen molar-refractivity contribution < 1.29 is 23.9 Å². The fourth-order valence-corrected chi connectivity index (χ4v) is 0.973. The summed E-state index contributed by atoms with van der Waals surface area (Å²) in [6, 6.07) is 4.31. The van der Waals surface area contributed by atoms with Crippen LogP contribution < -0.4 is 0 Å². The van der Waals surface area contributed by atoms with Crippen LogP contribution in [0, 0.1) is 9.39 Å². The average Bonchev–Trinajstić information content (AvgIpc) is 1.80. The third kappa shape index (κ3) is 2.81. The molecule has 0 aromatic heterocycles. The van der Waals surface area contributed by atoms with Crippen LogP contribution in [-0.4, -0.2) is 0 Å². The fraction of sp³-hybridized carbons (Fsp3) is 0. The van der Waals surface area contributed by atoms with E-state index in [-0.39, 0.29) is 25.3 Å². The minimum Gasteiger partial charge on any atom is -0.207 e. The first-order valence-electron chi connectivity index (χ1n) is 2.30. The Morgan fingerprint density at radius 1 is 1.40 bits per heavy atom. The first kappa shape index (κ1) is 10.8. The molecule has 0 radical (unpaired) electrons. The number of hydrogen-bond donors (Lipinski definition) is 0. The van der Waals surface area contributed by atoms with Gasteiger partial charge in [-0.2, -0.15) is 0 Å². The first-order valence-corrected chi connectivity index (χ1v) is 3.76. The van der Waals surface area contributed by atoms with Crippen LogP contribution in [0.4, 0.5) is 4.39 Å². The summed E-state index contributed by atoms with van der Waals surface area (Å²) in [6.45, 7) is 0. The van der Waals surface area contributed by atoms with E-state index < -0.39 is 0 Å². The summed E-state index contributed by atoms with van der Waals surface area (Å²) in [5.74, 6) is -0.291. The molecule has 1 aromatic carbocycles. The summed E-state index contributed by atoms with van der Waals surface area (Å²) >= 11 is 7.61. The van der Waals surface area contributed by atoms with Gasteiger partial charge in [0.25, 0.3) is 0 Å². The SMILES string of the molecule is Fc1ccc(I)c(Cl)c1.[Zn]. The topological polar surface area (TPSA) is 0 Å². The minimum atomic E-state index is -0.291. The number of benzene rings is 1. The molecule has 0 unspecified atom stereocenters. The van der Waals surface area contributed by atoms with Gasteiger partial charge in [0.1, 0.15) is 5.82 Å². The van der Waals surface area contributed by atoms with E-state index in [1.807, 2.05) is 22.6 Å². The maximum Gasteiger partial charge on any atom is 0.124 e. The van der Waals surface area contributed by atoms with Crippen molar-refractivity contribution in [3.63, 3.8) is 0 Å². The van der Waals surface area contributed by atoms with Crippen LogP contribution in [0.5, 0.6) is 0 Å². The molecule has 0 spiro atoms. The van der Waals surface area contributed by atoms with Gasteiger partial charge >= 0.3 is 0 Å². The van der Waals surface area contributed by atoms with Gasteiger partial charge in [-0.3, -0.25) is 0 Å². The predicted molar refractivity (Wildman–Crippen MR) is 44.1 cm³/mol. The third-order valence-corrected chi connectivity index (χ3v) is 2.45. The molecule has 0 aliphatic heterocycles. The van der Waals surface area contributed by atoms with Crippen molar-refractivity contribution in [2.75, 3.05) is 0 Å². The molecule has 1 rings (SSSR count).